The van der Waals surface area contributed by atoms with Crippen LogP contribution in [0.5, 0.6) is 0 Å². The van der Waals surface area contributed by atoms with Gasteiger partial charge in [0.05, 0.1) is 12.2 Å². The Balaban J connectivity index is 1.85. The molecule has 0 saturated heterocycles. The molecule has 12 heteroatoms. The first-order valence-corrected chi connectivity index (χ1v) is 9.87. The maximum absolute atomic E-state index is 13.0. The Hall–Kier alpha value is -3.28. The summed E-state index contributed by atoms with van der Waals surface area (Å²) < 4.78 is 7.37. The number of esters is 1. The quantitative estimate of drug-likeness (QED) is 0.163. The Labute approximate surface area is 168 Å². The number of fused-ring (bicyclic) bond motifs is 2. The fourth-order valence-electron chi connectivity index (χ4n) is 3.57. The van der Waals surface area contributed by atoms with Gasteiger partial charge in [0.25, 0.3) is 11.4 Å². The standard InChI is InChI=1S/C17H18N6O5S/c1-4-28-17(25)12-10-6-5-7-11(10)29-15(12)18-14(24)13-8(2)19-22-16(23(26)27)9(3)20-21(13)22/h4-7H2,1-3H3,(H-,18,19,20,24,25). The van der Waals surface area contributed by atoms with Crippen molar-refractivity contribution in [1.82, 2.24) is 14.8 Å². The van der Waals surface area contributed by atoms with E-state index in [9.17, 15) is 20.0 Å². The molecule has 0 unspecified atom stereocenters. The molecule has 0 fully saturated rings. The molecule has 0 atom stereocenters. The van der Waals surface area contributed by atoms with E-state index in [0.29, 0.717) is 10.6 Å². The fraction of sp³-hybridized carbons (Fsp3) is 0.412. The number of hydrogen-bond acceptors (Lipinski definition) is 8. The van der Waals surface area contributed by atoms with Crippen molar-refractivity contribution in [2.24, 2.45) is 4.99 Å². The van der Waals surface area contributed by atoms with Gasteiger partial charge in [0.1, 0.15) is 10.1 Å². The highest BCUT2D eigenvalue weighted by Gasteiger charge is 2.34. The molecule has 0 radical (unpaired) electrons. The zero-order valence-corrected chi connectivity index (χ0v) is 16.8. The van der Waals surface area contributed by atoms with Gasteiger partial charge >= 0.3 is 11.8 Å². The number of aryl methyl sites for hydroxylation is 3. The van der Waals surface area contributed by atoms with Gasteiger partial charge in [-0.05, 0) is 43.6 Å². The Morgan fingerprint density at radius 3 is 2.90 bits per heavy atom. The maximum atomic E-state index is 13.0. The van der Waals surface area contributed by atoms with Gasteiger partial charge < -0.3 is 20.0 Å². The Bertz CT molecular complexity index is 1190. The molecular formula is C17H18N6O5S. The minimum atomic E-state index is -0.649. The first kappa shape index (κ1) is 19.1. The first-order valence-electron chi connectivity index (χ1n) is 9.05. The zero-order valence-electron chi connectivity index (χ0n) is 16.0. The summed E-state index contributed by atoms with van der Waals surface area (Å²) in [6.07, 6.45) is 2.54. The number of hydrogen-bond donors (Lipinski definition) is 1. The molecule has 1 N–H and O–H groups in total. The summed E-state index contributed by atoms with van der Waals surface area (Å²) >= 11 is 1.31. The van der Waals surface area contributed by atoms with Gasteiger partial charge in [-0.15, -0.1) is 11.3 Å². The lowest BCUT2D eigenvalue weighted by Gasteiger charge is -2.07. The molecule has 0 saturated carbocycles. The topological polar surface area (TPSA) is 142 Å². The van der Waals surface area contributed by atoms with Crippen molar-refractivity contribution >= 4 is 34.0 Å². The highest BCUT2D eigenvalue weighted by Crippen LogP contribution is 2.41. The van der Waals surface area contributed by atoms with Crippen LogP contribution in [0.2, 0.25) is 0 Å². The summed E-state index contributed by atoms with van der Waals surface area (Å²) in [6.45, 7) is 5.03. The molecule has 29 heavy (non-hydrogen) atoms. The predicted octanol–water partition coefficient (Wildman–Crippen LogP) is 0.938. The molecule has 3 aromatic heterocycles. The second kappa shape index (κ2) is 6.95. The molecule has 11 nitrogen and oxygen atoms in total. The number of aromatic nitrogens is 4. The molecule has 0 spiro atoms. The van der Waals surface area contributed by atoms with Crippen molar-refractivity contribution in [2.75, 3.05) is 6.61 Å². The van der Waals surface area contributed by atoms with E-state index in [2.05, 4.69) is 15.2 Å². The van der Waals surface area contributed by atoms with Crippen LogP contribution in [0.4, 0.5) is 10.8 Å². The lowest BCUT2D eigenvalue weighted by atomic mass is 10.1. The van der Waals surface area contributed by atoms with Crippen molar-refractivity contribution in [3.63, 3.8) is 0 Å². The summed E-state index contributed by atoms with van der Waals surface area (Å²) in [5.41, 5.74) is 1.83. The van der Waals surface area contributed by atoms with Crippen LogP contribution in [0, 0.1) is 24.0 Å². The predicted molar refractivity (Wildman–Crippen MR) is 99.8 cm³/mol. The summed E-state index contributed by atoms with van der Waals surface area (Å²) in [5.74, 6) is -1.41. The van der Waals surface area contributed by atoms with Crippen LogP contribution in [-0.4, -0.2) is 38.2 Å². The molecule has 152 valence electrons. The van der Waals surface area contributed by atoms with Crippen molar-refractivity contribution < 1.29 is 24.2 Å². The third kappa shape index (κ3) is 2.95. The molecule has 3 heterocycles. The van der Waals surface area contributed by atoms with Gasteiger partial charge in [0.2, 0.25) is 0 Å². The van der Waals surface area contributed by atoms with E-state index in [4.69, 9.17) is 4.74 Å². The number of nitro groups is 1. The third-order valence-electron chi connectivity index (χ3n) is 4.75. The number of rotatable bonds is 5. The molecular weight excluding hydrogens is 400 g/mol. The van der Waals surface area contributed by atoms with Crippen LogP contribution in [0.25, 0.3) is 0 Å². The molecule has 0 bridgehead atoms. The Morgan fingerprint density at radius 2 is 2.21 bits per heavy atom. The van der Waals surface area contributed by atoms with Crippen LogP contribution in [-0.2, 0) is 17.6 Å². The number of carbonyl (C=O) groups is 1. The van der Waals surface area contributed by atoms with E-state index >= 15 is 0 Å². The molecule has 0 amide bonds. The SMILES string of the molecule is CCOC(=O)c1c(N=C([O-])c2c(C)nn3c([N+](=O)[O-])c(C)[nH][n+]23)sc2c1CCC2. The number of aromatic amines is 1. The average Bonchev–Trinajstić information content (AvgIpc) is 3.33. The number of ether oxygens (including phenoxy) is 1. The first-order chi connectivity index (χ1) is 13.8. The van der Waals surface area contributed by atoms with E-state index < -0.39 is 16.8 Å². The van der Waals surface area contributed by atoms with E-state index in [-0.39, 0.29) is 29.5 Å². The number of carbonyl (C=O) groups excluding carboxylic acids is 1. The van der Waals surface area contributed by atoms with E-state index in [1.54, 1.807) is 13.8 Å². The number of nitrogens with one attached hydrogen (secondary N) is 1. The van der Waals surface area contributed by atoms with Crippen molar-refractivity contribution in [3.05, 3.63) is 43.2 Å². The minimum Gasteiger partial charge on any atom is -0.855 e. The van der Waals surface area contributed by atoms with E-state index in [1.807, 2.05) is 0 Å². The monoisotopic (exact) mass is 418 g/mol. The van der Waals surface area contributed by atoms with Gasteiger partial charge in [-0.2, -0.15) is 5.10 Å². The second-order valence-corrected chi connectivity index (χ2v) is 7.71. The van der Waals surface area contributed by atoms with Crippen LogP contribution in [0.1, 0.15) is 51.2 Å². The number of nitrogens with zero attached hydrogens (tertiary/aromatic N) is 5. The maximum Gasteiger partial charge on any atom is 0.436 e. The van der Waals surface area contributed by atoms with Crippen LogP contribution in [0.3, 0.4) is 0 Å². The molecule has 0 aliphatic heterocycles. The van der Waals surface area contributed by atoms with Gasteiger partial charge in [0, 0.05) is 22.3 Å². The summed E-state index contributed by atoms with van der Waals surface area (Å²) in [6, 6.07) is 0. The average molecular weight is 418 g/mol. The minimum absolute atomic E-state index is 0.0598. The second-order valence-electron chi connectivity index (χ2n) is 6.63. The fourth-order valence-corrected chi connectivity index (χ4v) is 4.81. The van der Waals surface area contributed by atoms with Gasteiger partial charge in [-0.1, -0.05) is 0 Å². The van der Waals surface area contributed by atoms with Crippen LogP contribution < -0.4 is 9.74 Å². The molecule has 3 aromatic rings. The van der Waals surface area contributed by atoms with Crippen LogP contribution >= 0.6 is 11.3 Å². The lowest BCUT2D eigenvalue weighted by molar-refractivity contribution is -0.683. The number of H-pyrrole nitrogens is 1. The highest BCUT2D eigenvalue weighted by atomic mass is 32.1. The Kier molecular flexibility index (Phi) is 4.57. The molecule has 1 aliphatic rings. The molecule has 4 rings (SSSR count). The number of thiophene rings is 1. The summed E-state index contributed by atoms with van der Waals surface area (Å²) in [5, 5.41) is 31.4. The van der Waals surface area contributed by atoms with Gasteiger partial charge in [0.15, 0.2) is 10.3 Å². The lowest BCUT2D eigenvalue weighted by Crippen LogP contribution is -2.39. The summed E-state index contributed by atoms with van der Waals surface area (Å²) in [7, 11) is 0. The van der Waals surface area contributed by atoms with Crippen molar-refractivity contribution in [3.8, 4) is 0 Å². The van der Waals surface area contributed by atoms with Crippen LogP contribution in [0.15, 0.2) is 4.99 Å². The normalized spacial score (nSPS) is 13.8. The molecule has 1 aliphatic carbocycles. The zero-order chi connectivity index (χ0) is 20.9. The van der Waals surface area contributed by atoms with E-state index in [1.165, 1.54) is 22.9 Å². The largest absolute Gasteiger partial charge is 0.855 e. The molecule has 0 aromatic carbocycles. The smallest absolute Gasteiger partial charge is 0.436 e. The number of aliphatic imine (C=N–C) groups is 1. The third-order valence-corrected chi connectivity index (χ3v) is 5.93. The van der Waals surface area contributed by atoms with Gasteiger partial charge in [-0.3, -0.25) is 0 Å². The summed E-state index contributed by atoms with van der Waals surface area (Å²) in [4.78, 5) is 28.4. The van der Waals surface area contributed by atoms with Gasteiger partial charge in [-0.25, -0.2) is 9.79 Å². The Morgan fingerprint density at radius 1 is 1.45 bits per heavy atom. The highest BCUT2D eigenvalue weighted by molar-refractivity contribution is 7.16. The van der Waals surface area contributed by atoms with E-state index in [0.717, 1.165) is 34.3 Å². The van der Waals surface area contributed by atoms with Crippen molar-refractivity contribution in [2.45, 2.75) is 40.0 Å². The van der Waals surface area contributed by atoms with Crippen molar-refractivity contribution in [1.29, 1.82) is 0 Å².